The van der Waals surface area contributed by atoms with E-state index in [9.17, 15) is 18.0 Å². The molecule has 0 aromatic carbocycles. The molecule has 2 amide bonds. The van der Waals surface area contributed by atoms with Crippen molar-refractivity contribution in [1.82, 2.24) is 19.9 Å². The molecule has 0 saturated carbocycles. The Bertz CT molecular complexity index is 903. The number of hydrogen-bond acceptors (Lipinski definition) is 7. The average Bonchev–Trinajstić information content (AvgIpc) is 3.27. The minimum Gasteiger partial charge on any atom is -0.360 e. The summed E-state index contributed by atoms with van der Waals surface area (Å²) < 4.78 is 32.5. The van der Waals surface area contributed by atoms with E-state index >= 15 is 0 Å². The van der Waals surface area contributed by atoms with Crippen molar-refractivity contribution in [2.45, 2.75) is 23.4 Å². The third-order valence-electron chi connectivity index (χ3n) is 4.06. The summed E-state index contributed by atoms with van der Waals surface area (Å²) in [5, 5.41) is 6.63. The predicted molar refractivity (Wildman–Crippen MR) is 102 cm³/mol. The van der Waals surface area contributed by atoms with E-state index in [1.165, 1.54) is 10.4 Å². The molecule has 0 aliphatic carbocycles. The Kier molecular flexibility index (Phi) is 6.73. The number of carbonyl (C=O) groups is 2. The number of aromatic nitrogens is 1. The number of thiophene rings is 1. The lowest BCUT2D eigenvalue weighted by Crippen LogP contribution is -2.52. The molecule has 1 fully saturated rings. The summed E-state index contributed by atoms with van der Waals surface area (Å²) in [5.41, 5.74) is 0.806. The van der Waals surface area contributed by atoms with Crippen LogP contribution in [0.3, 0.4) is 0 Å². The van der Waals surface area contributed by atoms with Crippen molar-refractivity contribution in [3.8, 4) is 0 Å². The first kappa shape index (κ1) is 20.4. The highest BCUT2D eigenvalue weighted by molar-refractivity contribution is 7.91. The van der Waals surface area contributed by atoms with Gasteiger partial charge in [-0.25, -0.2) is 8.42 Å². The van der Waals surface area contributed by atoms with E-state index in [1.807, 2.05) is 0 Å². The zero-order chi connectivity index (χ0) is 20.0. The smallest absolute Gasteiger partial charge is 0.309 e. The highest BCUT2D eigenvalue weighted by Crippen LogP contribution is 2.25. The molecule has 2 aromatic rings. The van der Waals surface area contributed by atoms with Crippen LogP contribution >= 0.6 is 11.3 Å². The van der Waals surface area contributed by atoms with E-state index in [1.54, 1.807) is 36.0 Å². The van der Waals surface area contributed by atoms with Crippen LogP contribution < -0.4 is 10.6 Å². The molecule has 2 aromatic heterocycles. The molecular formula is C17H20N4O5S2. The molecule has 2 N–H and O–H groups in total. The average molecular weight is 425 g/mol. The molecular weight excluding hydrogens is 404 g/mol. The fourth-order valence-electron chi connectivity index (χ4n) is 2.65. The van der Waals surface area contributed by atoms with Crippen molar-refractivity contribution in [3.63, 3.8) is 0 Å². The summed E-state index contributed by atoms with van der Waals surface area (Å²) >= 11 is 1.12. The van der Waals surface area contributed by atoms with Gasteiger partial charge in [0.2, 0.25) is 0 Å². The number of sulfonamides is 1. The summed E-state index contributed by atoms with van der Waals surface area (Å²) in [4.78, 5) is 27.9. The third kappa shape index (κ3) is 4.93. The van der Waals surface area contributed by atoms with Crippen molar-refractivity contribution in [2.75, 3.05) is 19.7 Å². The molecule has 0 radical (unpaired) electrons. The molecule has 3 heterocycles. The topological polar surface area (TPSA) is 118 Å². The fourth-order valence-corrected chi connectivity index (χ4v) is 5.34. The Morgan fingerprint density at radius 2 is 1.96 bits per heavy atom. The standard InChI is InChI=1S/C17H20N4O5S2/c22-16(19-11-13-4-6-18-7-5-13)17(23)20-12-14-21(8-2-9-26-14)28(24,25)15-3-1-10-27-15/h1,3-7,10,14H,2,8-9,11-12H2,(H,19,22)(H,20,23). The Hall–Kier alpha value is -2.34. The Labute approximate surface area is 166 Å². The van der Waals surface area contributed by atoms with E-state index in [0.29, 0.717) is 13.0 Å². The van der Waals surface area contributed by atoms with Gasteiger partial charge in [0.25, 0.3) is 10.0 Å². The lowest BCUT2D eigenvalue weighted by molar-refractivity contribution is -0.140. The first-order valence-electron chi connectivity index (χ1n) is 8.60. The number of pyridine rings is 1. The zero-order valence-corrected chi connectivity index (χ0v) is 16.5. The normalized spacial score (nSPS) is 17.8. The van der Waals surface area contributed by atoms with Crippen molar-refractivity contribution < 1.29 is 22.7 Å². The molecule has 1 atom stereocenters. The van der Waals surface area contributed by atoms with Gasteiger partial charge in [-0.15, -0.1) is 11.3 Å². The second-order valence-corrected chi connectivity index (χ2v) is 9.04. The highest BCUT2D eigenvalue weighted by Gasteiger charge is 2.35. The summed E-state index contributed by atoms with van der Waals surface area (Å²) in [6.45, 7) is 0.736. The first-order valence-corrected chi connectivity index (χ1v) is 10.9. The molecule has 1 aliphatic heterocycles. The summed E-state index contributed by atoms with van der Waals surface area (Å²) in [7, 11) is -3.71. The molecule has 28 heavy (non-hydrogen) atoms. The number of nitrogens with one attached hydrogen (secondary N) is 2. The Morgan fingerprint density at radius 3 is 2.68 bits per heavy atom. The van der Waals surface area contributed by atoms with Gasteiger partial charge in [-0.05, 0) is 35.6 Å². The molecule has 1 unspecified atom stereocenters. The largest absolute Gasteiger partial charge is 0.360 e. The van der Waals surface area contributed by atoms with Crippen LogP contribution in [0.15, 0.2) is 46.2 Å². The third-order valence-corrected chi connectivity index (χ3v) is 7.32. The molecule has 11 heteroatoms. The van der Waals surface area contributed by atoms with Crippen molar-refractivity contribution in [3.05, 3.63) is 47.6 Å². The van der Waals surface area contributed by atoms with E-state index in [-0.39, 0.29) is 23.8 Å². The second kappa shape index (κ2) is 9.24. The molecule has 0 bridgehead atoms. The number of ether oxygens (including phenoxy) is 1. The maximum Gasteiger partial charge on any atom is 0.309 e. The second-order valence-electron chi connectivity index (χ2n) is 5.98. The maximum atomic E-state index is 12.8. The molecule has 3 rings (SSSR count). The molecule has 150 valence electrons. The van der Waals surface area contributed by atoms with Gasteiger partial charge in [0, 0.05) is 25.5 Å². The van der Waals surface area contributed by atoms with Gasteiger partial charge in [-0.1, -0.05) is 6.07 Å². The van der Waals surface area contributed by atoms with E-state index in [0.717, 1.165) is 16.9 Å². The quantitative estimate of drug-likeness (QED) is 0.645. The number of rotatable bonds is 6. The van der Waals surface area contributed by atoms with Crippen LogP contribution in [0.5, 0.6) is 0 Å². The van der Waals surface area contributed by atoms with E-state index in [4.69, 9.17) is 4.74 Å². The van der Waals surface area contributed by atoms with Gasteiger partial charge in [0.1, 0.15) is 10.4 Å². The van der Waals surface area contributed by atoms with Crippen LogP contribution in [-0.4, -0.2) is 55.4 Å². The van der Waals surface area contributed by atoms with Crippen LogP contribution in [-0.2, 0) is 30.9 Å². The number of hydrogen-bond donors (Lipinski definition) is 2. The summed E-state index contributed by atoms with van der Waals surface area (Å²) in [5.74, 6) is -1.66. The Balaban J connectivity index is 1.55. The predicted octanol–water partition coefficient (Wildman–Crippen LogP) is 0.313. The van der Waals surface area contributed by atoms with E-state index in [2.05, 4.69) is 15.6 Å². The molecule has 1 saturated heterocycles. The molecule has 1 aliphatic rings. The number of carbonyl (C=O) groups excluding carboxylic acids is 2. The van der Waals surface area contributed by atoms with Crippen LogP contribution in [0.2, 0.25) is 0 Å². The Morgan fingerprint density at radius 1 is 1.21 bits per heavy atom. The van der Waals surface area contributed by atoms with Gasteiger partial charge >= 0.3 is 11.8 Å². The fraction of sp³-hybridized carbons (Fsp3) is 0.353. The SMILES string of the molecule is O=C(NCc1ccncc1)C(=O)NCC1OCCCN1S(=O)(=O)c1cccs1. The van der Waals surface area contributed by atoms with Gasteiger partial charge in [0.05, 0.1) is 13.2 Å². The van der Waals surface area contributed by atoms with Gasteiger partial charge in [-0.3, -0.25) is 14.6 Å². The molecule has 0 spiro atoms. The van der Waals surface area contributed by atoms with Gasteiger partial charge in [-0.2, -0.15) is 4.31 Å². The van der Waals surface area contributed by atoms with Crippen LogP contribution in [0, 0.1) is 0 Å². The summed E-state index contributed by atoms with van der Waals surface area (Å²) in [6.07, 6.45) is 2.87. The lowest BCUT2D eigenvalue weighted by atomic mass is 10.3. The van der Waals surface area contributed by atoms with Crippen LogP contribution in [0.25, 0.3) is 0 Å². The van der Waals surface area contributed by atoms with Gasteiger partial charge in [0.15, 0.2) is 0 Å². The lowest BCUT2D eigenvalue weighted by Gasteiger charge is -2.34. The minimum atomic E-state index is -3.71. The number of amides is 2. The van der Waals surface area contributed by atoms with E-state index < -0.39 is 28.1 Å². The maximum absolute atomic E-state index is 12.8. The minimum absolute atomic E-state index is 0.119. The van der Waals surface area contributed by atoms with Crippen molar-refractivity contribution in [2.24, 2.45) is 0 Å². The monoisotopic (exact) mass is 424 g/mol. The van der Waals surface area contributed by atoms with Crippen LogP contribution in [0.4, 0.5) is 0 Å². The molecule has 9 nitrogen and oxygen atoms in total. The van der Waals surface area contributed by atoms with Crippen molar-refractivity contribution >= 4 is 33.2 Å². The highest BCUT2D eigenvalue weighted by atomic mass is 32.2. The number of nitrogens with zero attached hydrogens (tertiary/aromatic N) is 2. The van der Waals surface area contributed by atoms with Crippen LogP contribution in [0.1, 0.15) is 12.0 Å². The zero-order valence-electron chi connectivity index (χ0n) is 14.9. The summed E-state index contributed by atoms with van der Waals surface area (Å²) in [6, 6.07) is 6.63. The van der Waals surface area contributed by atoms with Gasteiger partial charge < -0.3 is 15.4 Å². The van der Waals surface area contributed by atoms with Crippen molar-refractivity contribution in [1.29, 1.82) is 0 Å². The first-order chi connectivity index (χ1) is 13.5.